The molecule has 2 atom stereocenters. The fourth-order valence-electron chi connectivity index (χ4n) is 3.55. The zero-order valence-corrected chi connectivity index (χ0v) is 16.7. The molecular formula is C20H23N3OS2. The third kappa shape index (κ3) is 3.41. The molecule has 4 rings (SSSR count). The fraction of sp³-hybridized carbons (Fsp3) is 0.400. The summed E-state index contributed by atoms with van der Waals surface area (Å²) in [7, 11) is 1.90. The Balaban J connectivity index is 1.45. The van der Waals surface area contributed by atoms with Crippen LogP contribution >= 0.6 is 22.7 Å². The van der Waals surface area contributed by atoms with Crippen LogP contribution in [0.4, 0.5) is 0 Å². The summed E-state index contributed by atoms with van der Waals surface area (Å²) in [5.74, 6) is 0.167. The molecule has 0 spiro atoms. The topological polar surface area (TPSA) is 36.4 Å². The molecule has 0 saturated carbocycles. The van der Waals surface area contributed by atoms with Crippen molar-refractivity contribution in [1.29, 1.82) is 0 Å². The van der Waals surface area contributed by atoms with Crippen molar-refractivity contribution in [3.63, 3.8) is 0 Å². The number of fused-ring (bicyclic) bond motifs is 1. The summed E-state index contributed by atoms with van der Waals surface area (Å²) in [6.45, 7) is 3.54. The molecule has 0 N–H and O–H groups in total. The lowest BCUT2D eigenvalue weighted by molar-refractivity contribution is -0.133. The van der Waals surface area contributed by atoms with E-state index in [-0.39, 0.29) is 11.9 Å². The van der Waals surface area contributed by atoms with Gasteiger partial charge < -0.3 is 4.90 Å². The van der Waals surface area contributed by atoms with Gasteiger partial charge in [0.25, 0.3) is 0 Å². The number of thiazole rings is 1. The zero-order chi connectivity index (χ0) is 18.1. The largest absolute Gasteiger partial charge is 0.335 e. The minimum Gasteiger partial charge on any atom is -0.335 e. The molecule has 2 unspecified atom stereocenters. The van der Waals surface area contributed by atoms with Gasteiger partial charge >= 0.3 is 0 Å². The summed E-state index contributed by atoms with van der Waals surface area (Å²) < 4.78 is 1.17. The molecule has 6 heteroatoms. The highest BCUT2D eigenvalue weighted by Crippen LogP contribution is 2.35. The van der Waals surface area contributed by atoms with Gasteiger partial charge in [0, 0.05) is 18.0 Å². The van der Waals surface area contributed by atoms with Crippen molar-refractivity contribution >= 4 is 38.8 Å². The highest BCUT2D eigenvalue weighted by molar-refractivity contribution is 7.18. The summed E-state index contributed by atoms with van der Waals surface area (Å²) in [6, 6.07) is 12.8. The van der Waals surface area contributed by atoms with Gasteiger partial charge in [0.15, 0.2) is 0 Å². The fourth-order valence-corrected chi connectivity index (χ4v) is 5.51. The number of hydrogen-bond acceptors (Lipinski definition) is 5. The first-order chi connectivity index (χ1) is 12.6. The number of likely N-dealkylation sites (tertiary alicyclic amines) is 1. The van der Waals surface area contributed by atoms with Gasteiger partial charge in [-0.1, -0.05) is 18.2 Å². The quantitative estimate of drug-likeness (QED) is 0.638. The van der Waals surface area contributed by atoms with E-state index in [0.717, 1.165) is 29.9 Å². The van der Waals surface area contributed by atoms with Crippen LogP contribution in [0.25, 0.3) is 10.2 Å². The van der Waals surface area contributed by atoms with Crippen molar-refractivity contribution in [2.24, 2.45) is 0 Å². The summed E-state index contributed by atoms with van der Waals surface area (Å²) in [5.41, 5.74) is 1.01. The van der Waals surface area contributed by atoms with E-state index in [0.29, 0.717) is 12.6 Å². The van der Waals surface area contributed by atoms with E-state index in [1.807, 2.05) is 30.1 Å². The second-order valence-electron chi connectivity index (χ2n) is 6.84. The van der Waals surface area contributed by atoms with Crippen LogP contribution < -0.4 is 0 Å². The number of likely N-dealkylation sites (N-methyl/N-ethyl adjacent to an activating group) is 1. The first kappa shape index (κ1) is 17.6. The maximum Gasteiger partial charge on any atom is 0.237 e. The van der Waals surface area contributed by atoms with Crippen LogP contribution in [0.2, 0.25) is 0 Å². The maximum atomic E-state index is 12.9. The molecule has 1 aromatic carbocycles. The zero-order valence-electron chi connectivity index (χ0n) is 15.1. The normalized spacial score (nSPS) is 19.1. The smallest absolute Gasteiger partial charge is 0.237 e. The van der Waals surface area contributed by atoms with Gasteiger partial charge in [0.05, 0.1) is 22.8 Å². The highest BCUT2D eigenvalue weighted by Gasteiger charge is 2.30. The first-order valence-corrected chi connectivity index (χ1v) is 10.7. The first-order valence-electron chi connectivity index (χ1n) is 9.02. The van der Waals surface area contributed by atoms with Crippen LogP contribution in [0.1, 0.15) is 41.7 Å². The maximum absolute atomic E-state index is 12.9. The standard InChI is InChI=1S/C20H23N3OS2/c1-14(20-21-15-7-3-4-9-17(15)26-20)22(2)19(24)13-23-11-5-8-16(23)18-10-6-12-25-18/h3-4,6-7,9-10,12,14,16H,5,8,11,13H2,1-2H3. The minimum atomic E-state index is -0.0114. The minimum absolute atomic E-state index is 0.0114. The number of benzene rings is 1. The van der Waals surface area contributed by atoms with Crippen molar-refractivity contribution in [1.82, 2.24) is 14.8 Å². The number of aromatic nitrogens is 1. The number of rotatable bonds is 5. The summed E-state index contributed by atoms with van der Waals surface area (Å²) in [4.78, 5) is 23.2. The Hall–Kier alpha value is -1.76. The predicted molar refractivity (Wildman–Crippen MR) is 109 cm³/mol. The highest BCUT2D eigenvalue weighted by atomic mass is 32.1. The Kier molecular flexibility index (Phi) is 5.07. The number of hydrogen-bond donors (Lipinski definition) is 0. The third-order valence-electron chi connectivity index (χ3n) is 5.22. The summed E-state index contributed by atoms with van der Waals surface area (Å²) in [6.07, 6.45) is 2.30. The molecule has 4 nitrogen and oxygen atoms in total. The molecule has 0 bridgehead atoms. The van der Waals surface area contributed by atoms with Gasteiger partial charge in [-0.3, -0.25) is 9.69 Å². The van der Waals surface area contributed by atoms with Crippen LogP contribution in [0.5, 0.6) is 0 Å². The molecule has 1 aliphatic rings. The van der Waals surface area contributed by atoms with Crippen molar-refractivity contribution in [2.45, 2.75) is 31.8 Å². The van der Waals surface area contributed by atoms with E-state index in [4.69, 9.17) is 4.98 Å². The molecule has 1 aliphatic heterocycles. The molecule has 1 fully saturated rings. The Bertz CT molecular complexity index is 856. The molecule has 3 aromatic rings. The number of thiophene rings is 1. The third-order valence-corrected chi connectivity index (χ3v) is 7.40. The molecular weight excluding hydrogens is 362 g/mol. The number of nitrogens with zero attached hydrogens (tertiary/aromatic N) is 3. The average molecular weight is 386 g/mol. The van der Waals surface area contributed by atoms with E-state index in [1.54, 1.807) is 22.7 Å². The van der Waals surface area contributed by atoms with Gasteiger partial charge in [-0.2, -0.15) is 0 Å². The number of carbonyl (C=O) groups is 1. The van der Waals surface area contributed by atoms with Gasteiger partial charge in [-0.25, -0.2) is 4.98 Å². The van der Waals surface area contributed by atoms with E-state index in [2.05, 4.69) is 35.4 Å². The van der Waals surface area contributed by atoms with Gasteiger partial charge in [-0.05, 0) is 49.9 Å². The van der Waals surface area contributed by atoms with Crippen molar-refractivity contribution < 1.29 is 4.79 Å². The van der Waals surface area contributed by atoms with E-state index >= 15 is 0 Å². The lowest BCUT2D eigenvalue weighted by atomic mass is 10.2. The Morgan fingerprint density at radius 3 is 2.96 bits per heavy atom. The van der Waals surface area contributed by atoms with Crippen molar-refractivity contribution in [3.05, 3.63) is 51.7 Å². The molecule has 0 radical (unpaired) electrons. The Labute approximate surface area is 162 Å². The summed E-state index contributed by atoms with van der Waals surface area (Å²) in [5, 5.41) is 3.12. The number of para-hydroxylation sites is 1. The van der Waals surface area contributed by atoms with Crippen LogP contribution in [-0.4, -0.2) is 40.8 Å². The SMILES string of the molecule is CC(c1nc2ccccc2s1)N(C)C(=O)CN1CCCC1c1cccs1. The van der Waals surface area contributed by atoms with Crippen LogP contribution in [-0.2, 0) is 4.79 Å². The second-order valence-corrected chi connectivity index (χ2v) is 8.89. The van der Waals surface area contributed by atoms with Crippen LogP contribution in [0.3, 0.4) is 0 Å². The molecule has 136 valence electrons. The van der Waals surface area contributed by atoms with E-state index in [9.17, 15) is 4.79 Å². The molecule has 3 heterocycles. The lowest BCUT2D eigenvalue weighted by Crippen LogP contribution is -2.39. The van der Waals surface area contributed by atoms with E-state index in [1.165, 1.54) is 9.58 Å². The van der Waals surface area contributed by atoms with Crippen molar-refractivity contribution in [3.8, 4) is 0 Å². The lowest BCUT2D eigenvalue weighted by Gasteiger charge is -2.28. The monoisotopic (exact) mass is 385 g/mol. The second kappa shape index (κ2) is 7.47. The van der Waals surface area contributed by atoms with Crippen LogP contribution in [0.15, 0.2) is 41.8 Å². The predicted octanol–water partition coefficient (Wildman–Crippen LogP) is 4.71. The van der Waals surface area contributed by atoms with Gasteiger partial charge in [0.2, 0.25) is 5.91 Å². The van der Waals surface area contributed by atoms with Crippen molar-refractivity contribution in [2.75, 3.05) is 20.1 Å². The molecule has 1 amide bonds. The summed E-state index contributed by atoms with van der Waals surface area (Å²) >= 11 is 3.47. The Morgan fingerprint density at radius 1 is 1.35 bits per heavy atom. The van der Waals surface area contributed by atoms with Crippen LogP contribution in [0, 0.1) is 0 Å². The molecule has 2 aromatic heterocycles. The Morgan fingerprint density at radius 2 is 2.19 bits per heavy atom. The number of amides is 1. The number of carbonyl (C=O) groups excluding carboxylic acids is 1. The molecule has 0 aliphatic carbocycles. The average Bonchev–Trinajstić information content (AvgIpc) is 3.39. The molecule has 1 saturated heterocycles. The van der Waals surface area contributed by atoms with Gasteiger partial charge in [-0.15, -0.1) is 22.7 Å². The molecule has 26 heavy (non-hydrogen) atoms. The van der Waals surface area contributed by atoms with Gasteiger partial charge in [0.1, 0.15) is 5.01 Å². The van der Waals surface area contributed by atoms with E-state index < -0.39 is 0 Å².